The molecule has 1 aromatic heterocycles. The van der Waals surface area contributed by atoms with Crippen molar-refractivity contribution in [1.29, 1.82) is 0 Å². The molecule has 1 heterocycles. The normalized spacial score (nSPS) is 11.3. The van der Waals surface area contributed by atoms with Crippen LogP contribution in [0.2, 0.25) is 0 Å². The van der Waals surface area contributed by atoms with E-state index in [0.717, 1.165) is 24.0 Å². The fourth-order valence-electron chi connectivity index (χ4n) is 2.51. The maximum atomic E-state index is 11.8. The molecule has 0 aliphatic heterocycles. The summed E-state index contributed by atoms with van der Waals surface area (Å²) in [6.45, 7) is 7.28. The van der Waals surface area contributed by atoms with Crippen molar-refractivity contribution >= 4 is 23.0 Å². The van der Waals surface area contributed by atoms with Crippen molar-refractivity contribution < 1.29 is 14.3 Å². The maximum absolute atomic E-state index is 11.8. The summed E-state index contributed by atoms with van der Waals surface area (Å²) in [6, 6.07) is 7.99. The molecule has 0 spiro atoms. The number of hydrogen-bond acceptors (Lipinski definition) is 4. The quantitative estimate of drug-likeness (QED) is 0.709. The van der Waals surface area contributed by atoms with Crippen LogP contribution < -0.4 is 10.6 Å². The average molecular weight is 360 g/mol. The number of alkyl carbamates (subject to hydrolysis) is 1. The third kappa shape index (κ3) is 6.74. The van der Waals surface area contributed by atoms with Crippen LogP contribution >= 0.6 is 0 Å². The van der Waals surface area contributed by atoms with Crippen LogP contribution in [0.15, 0.2) is 30.6 Å². The van der Waals surface area contributed by atoms with Gasteiger partial charge in [-0.2, -0.15) is 0 Å². The highest BCUT2D eigenvalue weighted by Crippen LogP contribution is 2.11. The molecule has 0 saturated carbocycles. The lowest BCUT2D eigenvalue weighted by Crippen LogP contribution is -2.33. The lowest BCUT2D eigenvalue weighted by molar-refractivity contribution is -0.121. The number of nitrogens with one attached hydrogen (secondary N) is 2. The molecule has 0 fully saturated rings. The molecule has 0 aliphatic carbocycles. The van der Waals surface area contributed by atoms with Crippen LogP contribution in [0.4, 0.5) is 4.79 Å². The molecule has 0 saturated heterocycles. The Morgan fingerprint density at radius 2 is 1.85 bits per heavy atom. The molecule has 0 aliphatic rings. The Morgan fingerprint density at radius 1 is 1.12 bits per heavy atom. The number of ether oxygens (including phenoxy) is 1. The van der Waals surface area contributed by atoms with Crippen LogP contribution in [0.1, 0.15) is 40.0 Å². The standard InChI is InChI=1S/C19H28N4O3/c1-19(2,3)26-18(25)21-11-6-10-17(24)20-12-7-13-23-14-22-15-8-4-5-9-16(15)23/h4-5,8-9,14H,6-7,10-13H2,1-3H3,(H,20,24)(H,21,25). The predicted molar refractivity (Wildman–Crippen MR) is 101 cm³/mol. The number of fused-ring (bicyclic) bond motifs is 1. The molecule has 2 rings (SSSR count). The molecule has 2 amide bonds. The highest BCUT2D eigenvalue weighted by molar-refractivity contribution is 5.76. The Hall–Kier alpha value is -2.57. The SMILES string of the molecule is CC(C)(C)OC(=O)NCCCC(=O)NCCCn1cnc2ccccc21. The van der Waals surface area contributed by atoms with E-state index < -0.39 is 11.7 Å². The van der Waals surface area contributed by atoms with E-state index in [1.165, 1.54) is 0 Å². The number of hydrogen-bond donors (Lipinski definition) is 2. The molecule has 1 aromatic carbocycles. The van der Waals surface area contributed by atoms with Crippen molar-refractivity contribution in [3.05, 3.63) is 30.6 Å². The van der Waals surface area contributed by atoms with Gasteiger partial charge in [-0.3, -0.25) is 4.79 Å². The summed E-state index contributed by atoms with van der Waals surface area (Å²) in [5.41, 5.74) is 1.57. The lowest BCUT2D eigenvalue weighted by Gasteiger charge is -2.19. The first-order chi connectivity index (χ1) is 12.3. The smallest absolute Gasteiger partial charge is 0.407 e. The second-order valence-electron chi connectivity index (χ2n) is 7.16. The number of carbonyl (C=O) groups excluding carboxylic acids is 2. The summed E-state index contributed by atoms with van der Waals surface area (Å²) in [7, 11) is 0. The zero-order chi connectivity index (χ0) is 19.0. The van der Waals surface area contributed by atoms with Crippen LogP contribution in [-0.4, -0.2) is 40.2 Å². The molecule has 0 radical (unpaired) electrons. The summed E-state index contributed by atoms with van der Waals surface area (Å²) in [5.74, 6) is -0.00789. The van der Waals surface area contributed by atoms with Gasteiger partial charge in [-0.05, 0) is 45.7 Å². The molecule has 7 nitrogen and oxygen atoms in total. The fraction of sp³-hybridized carbons (Fsp3) is 0.526. The molecule has 0 unspecified atom stereocenters. The molecule has 7 heteroatoms. The zero-order valence-corrected chi connectivity index (χ0v) is 15.7. The van der Waals surface area contributed by atoms with Crippen LogP contribution in [0.3, 0.4) is 0 Å². The molecular weight excluding hydrogens is 332 g/mol. The topological polar surface area (TPSA) is 85.2 Å². The Balaban J connectivity index is 1.56. The second-order valence-corrected chi connectivity index (χ2v) is 7.16. The van der Waals surface area contributed by atoms with Gasteiger partial charge >= 0.3 is 6.09 Å². The minimum absolute atomic E-state index is 0.00789. The van der Waals surface area contributed by atoms with Gasteiger partial charge in [0.2, 0.25) is 5.91 Å². The summed E-state index contributed by atoms with van der Waals surface area (Å²) in [4.78, 5) is 27.6. The van der Waals surface area contributed by atoms with Gasteiger partial charge < -0.3 is 19.9 Å². The first-order valence-corrected chi connectivity index (χ1v) is 8.98. The number of aryl methyl sites for hydroxylation is 1. The van der Waals surface area contributed by atoms with Gasteiger partial charge in [-0.15, -0.1) is 0 Å². The van der Waals surface area contributed by atoms with Crippen molar-refractivity contribution in [2.24, 2.45) is 0 Å². The number of imidazole rings is 1. The molecule has 26 heavy (non-hydrogen) atoms. The van der Waals surface area contributed by atoms with Crippen molar-refractivity contribution in [3.8, 4) is 0 Å². The van der Waals surface area contributed by atoms with Crippen molar-refractivity contribution in [2.45, 2.75) is 52.2 Å². The number of aromatic nitrogens is 2. The Kier molecular flexibility index (Phi) is 7.00. The molecule has 2 N–H and O–H groups in total. The van der Waals surface area contributed by atoms with E-state index >= 15 is 0 Å². The van der Waals surface area contributed by atoms with Gasteiger partial charge in [0.15, 0.2) is 0 Å². The number of benzene rings is 1. The van der Waals surface area contributed by atoms with E-state index in [1.807, 2.05) is 51.4 Å². The third-order valence-corrected chi connectivity index (χ3v) is 3.67. The number of nitrogens with zero attached hydrogens (tertiary/aromatic N) is 2. The van der Waals surface area contributed by atoms with E-state index in [4.69, 9.17) is 4.74 Å². The van der Waals surface area contributed by atoms with Gasteiger partial charge in [0.1, 0.15) is 5.60 Å². The van der Waals surface area contributed by atoms with Gasteiger partial charge in [-0.1, -0.05) is 12.1 Å². The van der Waals surface area contributed by atoms with E-state index in [2.05, 4.69) is 20.2 Å². The van der Waals surface area contributed by atoms with E-state index in [-0.39, 0.29) is 5.91 Å². The number of carbonyl (C=O) groups is 2. The number of para-hydroxylation sites is 2. The maximum Gasteiger partial charge on any atom is 0.407 e. The van der Waals surface area contributed by atoms with E-state index in [0.29, 0.717) is 25.9 Å². The van der Waals surface area contributed by atoms with Crippen LogP contribution in [0.5, 0.6) is 0 Å². The first kappa shape index (κ1) is 19.8. The minimum atomic E-state index is -0.512. The average Bonchev–Trinajstić information content (AvgIpc) is 2.97. The Morgan fingerprint density at radius 3 is 2.62 bits per heavy atom. The number of rotatable bonds is 8. The summed E-state index contributed by atoms with van der Waals surface area (Å²) in [5, 5.41) is 5.55. The van der Waals surface area contributed by atoms with Crippen molar-refractivity contribution in [1.82, 2.24) is 20.2 Å². The van der Waals surface area contributed by atoms with E-state index in [1.54, 1.807) is 0 Å². The van der Waals surface area contributed by atoms with Crippen LogP contribution in [-0.2, 0) is 16.1 Å². The van der Waals surface area contributed by atoms with Gasteiger partial charge in [0.05, 0.1) is 17.4 Å². The third-order valence-electron chi connectivity index (χ3n) is 3.67. The molecule has 0 bridgehead atoms. The zero-order valence-electron chi connectivity index (χ0n) is 15.7. The molecular formula is C19H28N4O3. The molecule has 2 aromatic rings. The van der Waals surface area contributed by atoms with Gasteiger partial charge in [0, 0.05) is 26.1 Å². The summed E-state index contributed by atoms with van der Waals surface area (Å²) < 4.78 is 7.22. The highest BCUT2D eigenvalue weighted by Gasteiger charge is 2.15. The molecule has 142 valence electrons. The molecule has 0 atom stereocenters. The Bertz CT molecular complexity index is 734. The second kappa shape index (κ2) is 9.22. The van der Waals surface area contributed by atoms with Crippen molar-refractivity contribution in [2.75, 3.05) is 13.1 Å². The summed E-state index contributed by atoms with van der Waals surface area (Å²) >= 11 is 0. The van der Waals surface area contributed by atoms with Crippen LogP contribution in [0.25, 0.3) is 11.0 Å². The first-order valence-electron chi connectivity index (χ1n) is 8.98. The predicted octanol–water partition coefficient (Wildman–Crippen LogP) is 2.85. The van der Waals surface area contributed by atoms with Gasteiger partial charge in [0.25, 0.3) is 0 Å². The highest BCUT2D eigenvalue weighted by atomic mass is 16.6. The fourth-order valence-corrected chi connectivity index (χ4v) is 2.51. The van der Waals surface area contributed by atoms with Crippen molar-refractivity contribution in [3.63, 3.8) is 0 Å². The number of amides is 2. The summed E-state index contributed by atoms with van der Waals surface area (Å²) in [6.07, 6.45) is 3.17. The largest absolute Gasteiger partial charge is 0.444 e. The monoisotopic (exact) mass is 360 g/mol. The van der Waals surface area contributed by atoms with Gasteiger partial charge in [-0.25, -0.2) is 9.78 Å². The Labute approximate surface area is 154 Å². The minimum Gasteiger partial charge on any atom is -0.444 e. The lowest BCUT2D eigenvalue weighted by atomic mass is 10.2. The van der Waals surface area contributed by atoms with Crippen LogP contribution in [0, 0.1) is 0 Å². The van der Waals surface area contributed by atoms with E-state index in [9.17, 15) is 9.59 Å².